The van der Waals surface area contributed by atoms with Gasteiger partial charge in [0.15, 0.2) is 0 Å². The average molecular weight is 377 g/mol. The number of amides is 2. The summed E-state index contributed by atoms with van der Waals surface area (Å²) in [4.78, 5) is 21.0. The van der Waals surface area contributed by atoms with Crippen LogP contribution < -0.4 is 5.32 Å². The maximum Gasteiger partial charge on any atom is 0.317 e. The highest BCUT2D eigenvalue weighted by atomic mass is 32.1. The number of carbonyl (C=O) groups is 1. The van der Waals surface area contributed by atoms with Gasteiger partial charge in [-0.2, -0.15) is 0 Å². The predicted molar refractivity (Wildman–Crippen MR) is 102 cm³/mol. The topological polar surface area (TPSA) is 48.5 Å². The van der Waals surface area contributed by atoms with Crippen LogP contribution in [-0.2, 0) is 19.4 Å². The second kappa shape index (κ2) is 9.09. The zero-order valence-electron chi connectivity index (χ0n) is 15.1. The SMILES string of the molecule is CCc1csc(CCNC(=O)N2CCN(Cc3ccc(F)cc3)CC2)n1. The van der Waals surface area contributed by atoms with Crippen molar-refractivity contribution in [1.29, 1.82) is 0 Å². The van der Waals surface area contributed by atoms with Crippen LogP contribution in [0.1, 0.15) is 23.2 Å². The first-order valence-electron chi connectivity index (χ1n) is 9.07. The molecule has 7 heteroatoms. The van der Waals surface area contributed by atoms with Gasteiger partial charge in [0, 0.05) is 51.1 Å². The molecule has 1 aromatic carbocycles. The molecule has 5 nitrogen and oxygen atoms in total. The standard InChI is InChI=1S/C19H25FN4OS/c1-2-17-14-26-18(22-17)7-8-21-19(25)24-11-9-23(10-12-24)13-15-3-5-16(20)6-4-15/h3-6,14H,2,7-13H2,1H3,(H,21,25). The highest BCUT2D eigenvalue weighted by molar-refractivity contribution is 7.09. The molecule has 0 bridgehead atoms. The largest absolute Gasteiger partial charge is 0.338 e. The average Bonchev–Trinajstić information content (AvgIpc) is 3.12. The molecule has 2 amide bonds. The zero-order chi connectivity index (χ0) is 18.4. The first-order chi connectivity index (χ1) is 12.6. The third-order valence-corrected chi connectivity index (χ3v) is 5.51. The molecule has 0 spiro atoms. The Morgan fingerprint density at radius 1 is 1.23 bits per heavy atom. The lowest BCUT2D eigenvalue weighted by Gasteiger charge is -2.34. The molecule has 3 rings (SSSR count). The third kappa shape index (κ3) is 5.25. The molecule has 1 aliphatic heterocycles. The van der Waals surface area contributed by atoms with Gasteiger partial charge in [0.05, 0.1) is 10.7 Å². The molecule has 1 aromatic heterocycles. The number of halogens is 1. The Labute approximate surface area is 157 Å². The van der Waals surface area contributed by atoms with Crippen molar-refractivity contribution in [3.8, 4) is 0 Å². The number of aryl methyl sites for hydroxylation is 1. The van der Waals surface area contributed by atoms with Crippen molar-refractivity contribution in [3.05, 3.63) is 51.7 Å². The highest BCUT2D eigenvalue weighted by Crippen LogP contribution is 2.11. The Morgan fingerprint density at radius 2 is 1.96 bits per heavy atom. The zero-order valence-corrected chi connectivity index (χ0v) is 15.9. The van der Waals surface area contributed by atoms with Gasteiger partial charge in [0.25, 0.3) is 0 Å². The van der Waals surface area contributed by atoms with E-state index in [0.717, 1.165) is 48.7 Å². The maximum atomic E-state index is 13.0. The summed E-state index contributed by atoms with van der Waals surface area (Å²) in [5, 5.41) is 6.15. The monoisotopic (exact) mass is 376 g/mol. The summed E-state index contributed by atoms with van der Waals surface area (Å²) in [7, 11) is 0. The summed E-state index contributed by atoms with van der Waals surface area (Å²) in [5.74, 6) is -0.209. The minimum atomic E-state index is -0.209. The van der Waals surface area contributed by atoms with Gasteiger partial charge >= 0.3 is 6.03 Å². The normalized spacial score (nSPS) is 15.2. The summed E-state index contributed by atoms with van der Waals surface area (Å²) in [5.41, 5.74) is 2.22. The summed E-state index contributed by atoms with van der Waals surface area (Å²) in [6.07, 6.45) is 1.73. The lowest BCUT2D eigenvalue weighted by Crippen LogP contribution is -2.51. The van der Waals surface area contributed by atoms with E-state index < -0.39 is 0 Å². The van der Waals surface area contributed by atoms with Gasteiger partial charge in [-0.3, -0.25) is 4.90 Å². The van der Waals surface area contributed by atoms with Gasteiger partial charge < -0.3 is 10.2 Å². The van der Waals surface area contributed by atoms with Crippen molar-refractivity contribution in [3.63, 3.8) is 0 Å². The molecule has 1 aliphatic rings. The van der Waals surface area contributed by atoms with Crippen LogP contribution in [-0.4, -0.2) is 53.5 Å². The third-order valence-electron chi connectivity index (χ3n) is 4.56. The second-order valence-electron chi connectivity index (χ2n) is 6.46. The molecule has 0 unspecified atom stereocenters. The lowest BCUT2D eigenvalue weighted by atomic mass is 10.2. The van der Waals surface area contributed by atoms with E-state index in [4.69, 9.17) is 0 Å². The Balaban J connectivity index is 1.37. The van der Waals surface area contributed by atoms with Crippen molar-refractivity contribution in [2.24, 2.45) is 0 Å². The number of thiazole rings is 1. The fraction of sp³-hybridized carbons (Fsp3) is 0.474. The number of rotatable bonds is 6. The molecule has 2 aromatic rings. The Morgan fingerprint density at radius 3 is 2.62 bits per heavy atom. The van der Waals surface area contributed by atoms with E-state index in [1.807, 2.05) is 17.0 Å². The van der Waals surface area contributed by atoms with Crippen molar-refractivity contribution >= 4 is 17.4 Å². The molecule has 1 N–H and O–H groups in total. The number of nitrogens with one attached hydrogen (secondary N) is 1. The van der Waals surface area contributed by atoms with Crippen LogP contribution in [0.4, 0.5) is 9.18 Å². The number of benzene rings is 1. The van der Waals surface area contributed by atoms with Gasteiger partial charge in [0.2, 0.25) is 0 Å². The number of hydrogen-bond acceptors (Lipinski definition) is 4. The summed E-state index contributed by atoms with van der Waals surface area (Å²) in [6.45, 7) is 6.59. The van der Waals surface area contributed by atoms with E-state index in [9.17, 15) is 9.18 Å². The van der Waals surface area contributed by atoms with Gasteiger partial charge in [-0.15, -0.1) is 11.3 Å². The molecule has 26 heavy (non-hydrogen) atoms. The van der Waals surface area contributed by atoms with Crippen molar-refractivity contribution in [1.82, 2.24) is 20.1 Å². The highest BCUT2D eigenvalue weighted by Gasteiger charge is 2.20. The van der Waals surface area contributed by atoms with Gasteiger partial charge in [-0.05, 0) is 24.1 Å². The molecule has 0 saturated carbocycles. The minimum absolute atomic E-state index is 0.00120. The molecular weight excluding hydrogens is 351 g/mol. The molecule has 2 heterocycles. The van der Waals surface area contributed by atoms with E-state index in [2.05, 4.69) is 27.5 Å². The number of aromatic nitrogens is 1. The fourth-order valence-corrected chi connectivity index (χ4v) is 3.85. The summed E-state index contributed by atoms with van der Waals surface area (Å²) < 4.78 is 13.0. The number of piperazine rings is 1. The Bertz CT molecular complexity index is 711. The van der Waals surface area contributed by atoms with E-state index in [1.54, 1.807) is 11.3 Å². The fourth-order valence-electron chi connectivity index (χ4n) is 2.97. The van der Waals surface area contributed by atoms with Crippen LogP contribution in [0, 0.1) is 5.82 Å². The molecule has 140 valence electrons. The maximum absolute atomic E-state index is 13.0. The smallest absolute Gasteiger partial charge is 0.317 e. The van der Waals surface area contributed by atoms with Gasteiger partial charge in [-0.1, -0.05) is 19.1 Å². The van der Waals surface area contributed by atoms with Crippen LogP contribution in [0.25, 0.3) is 0 Å². The van der Waals surface area contributed by atoms with Crippen molar-refractivity contribution in [2.75, 3.05) is 32.7 Å². The van der Waals surface area contributed by atoms with E-state index >= 15 is 0 Å². The summed E-state index contributed by atoms with van der Waals surface area (Å²) in [6, 6.07) is 6.61. The number of nitrogens with zero attached hydrogens (tertiary/aromatic N) is 3. The van der Waals surface area contributed by atoms with Crippen LogP contribution in [0.5, 0.6) is 0 Å². The molecule has 0 aliphatic carbocycles. The first kappa shape index (κ1) is 18.8. The van der Waals surface area contributed by atoms with E-state index in [0.29, 0.717) is 19.6 Å². The van der Waals surface area contributed by atoms with Gasteiger partial charge in [0.1, 0.15) is 5.82 Å². The van der Waals surface area contributed by atoms with Crippen molar-refractivity contribution < 1.29 is 9.18 Å². The minimum Gasteiger partial charge on any atom is -0.338 e. The molecule has 0 atom stereocenters. The van der Waals surface area contributed by atoms with Crippen LogP contribution >= 0.6 is 11.3 Å². The van der Waals surface area contributed by atoms with Crippen LogP contribution in [0.15, 0.2) is 29.6 Å². The molecular formula is C19H25FN4OS. The molecule has 1 fully saturated rings. The first-order valence-corrected chi connectivity index (χ1v) is 9.95. The number of carbonyl (C=O) groups excluding carboxylic acids is 1. The Hall–Kier alpha value is -1.99. The lowest BCUT2D eigenvalue weighted by molar-refractivity contribution is 0.135. The van der Waals surface area contributed by atoms with E-state index in [-0.39, 0.29) is 11.8 Å². The predicted octanol–water partition coefficient (Wildman–Crippen LogP) is 2.91. The molecule has 0 radical (unpaired) electrons. The quantitative estimate of drug-likeness (QED) is 0.843. The number of hydrogen-bond donors (Lipinski definition) is 1. The Kier molecular flexibility index (Phi) is 6.57. The van der Waals surface area contributed by atoms with Crippen LogP contribution in [0.2, 0.25) is 0 Å². The van der Waals surface area contributed by atoms with E-state index in [1.165, 1.54) is 12.1 Å². The second-order valence-corrected chi connectivity index (χ2v) is 7.40. The summed E-state index contributed by atoms with van der Waals surface area (Å²) >= 11 is 1.66. The van der Waals surface area contributed by atoms with Gasteiger partial charge in [-0.25, -0.2) is 14.2 Å². The number of urea groups is 1. The van der Waals surface area contributed by atoms with Crippen molar-refractivity contribution in [2.45, 2.75) is 26.3 Å². The molecule has 1 saturated heterocycles. The van der Waals surface area contributed by atoms with Crippen LogP contribution in [0.3, 0.4) is 0 Å².